The summed E-state index contributed by atoms with van der Waals surface area (Å²) in [6.45, 7) is 5.79. The van der Waals surface area contributed by atoms with Crippen molar-refractivity contribution in [3.8, 4) is 0 Å². The number of amides is 2. The summed E-state index contributed by atoms with van der Waals surface area (Å²) in [4.78, 5) is 23.7. The van der Waals surface area contributed by atoms with E-state index in [1.165, 1.54) is 11.8 Å². The summed E-state index contributed by atoms with van der Waals surface area (Å²) >= 11 is 0. The number of carbonyl (C=O) groups is 2. The molecule has 0 radical (unpaired) electrons. The normalized spacial score (nSPS) is 14.4. The summed E-state index contributed by atoms with van der Waals surface area (Å²) in [6, 6.07) is -1.11. The number of likely N-dealkylation sites (N-methyl/N-ethyl adjacent to an activating group) is 1. The van der Waals surface area contributed by atoms with E-state index in [1.54, 1.807) is 7.05 Å². The maximum Gasteiger partial charge on any atom is 0.405 e. The molecule has 0 aromatic heterocycles. The van der Waals surface area contributed by atoms with Gasteiger partial charge in [0, 0.05) is 13.6 Å². The molecule has 0 aliphatic heterocycles. The van der Waals surface area contributed by atoms with Gasteiger partial charge in [-0.1, -0.05) is 13.8 Å². The van der Waals surface area contributed by atoms with E-state index in [-0.39, 0.29) is 5.92 Å². The highest BCUT2D eigenvalue weighted by Crippen LogP contribution is 2.02. The fourth-order valence-corrected chi connectivity index (χ4v) is 1.40. The van der Waals surface area contributed by atoms with E-state index in [2.05, 4.69) is 0 Å². The molecule has 0 aromatic rings. The molecule has 0 aliphatic rings. The first-order valence-electron chi connectivity index (χ1n) is 5.18. The zero-order chi connectivity index (χ0) is 12.9. The van der Waals surface area contributed by atoms with Crippen molar-refractivity contribution < 1.29 is 19.8 Å². The Labute approximate surface area is 95.2 Å². The van der Waals surface area contributed by atoms with Crippen LogP contribution in [0.1, 0.15) is 20.8 Å². The van der Waals surface area contributed by atoms with Crippen molar-refractivity contribution in [2.24, 2.45) is 5.92 Å². The molecular formula is C10H20N2O4. The summed E-state index contributed by atoms with van der Waals surface area (Å²) in [6.07, 6.45) is -2.38. The number of nitrogens with zero attached hydrogens (tertiary/aromatic N) is 1. The second-order valence-corrected chi connectivity index (χ2v) is 4.28. The number of rotatable bonds is 5. The zero-order valence-corrected chi connectivity index (χ0v) is 10.1. The predicted molar refractivity (Wildman–Crippen MR) is 59.1 cm³/mol. The molecule has 0 aromatic carbocycles. The molecule has 2 amide bonds. The van der Waals surface area contributed by atoms with E-state index >= 15 is 0 Å². The minimum Gasteiger partial charge on any atom is -0.465 e. The Bertz CT molecular complexity index is 253. The van der Waals surface area contributed by atoms with Crippen LogP contribution in [-0.2, 0) is 4.79 Å². The van der Waals surface area contributed by atoms with Crippen molar-refractivity contribution in [2.75, 3.05) is 13.6 Å². The van der Waals surface area contributed by atoms with E-state index in [0.29, 0.717) is 6.54 Å². The molecular weight excluding hydrogens is 212 g/mol. The van der Waals surface area contributed by atoms with Crippen LogP contribution >= 0.6 is 0 Å². The topological polar surface area (TPSA) is 89.9 Å². The van der Waals surface area contributed by atoms with Gasteiger partial charge in [-0.15, -0.1) is 0 Å². The van der Waals surface area contributed by atoms with Crippen LogP contribution in [0.5, 0.6) is 0 Å². The van der Waals surface area contributed by atoms with E-state index < -0.39 is 24.1 Å². The summed E-state index contributed by atoms with van der Waals surface area (Å²) in [5.74, 6) is -0.139. The molecule has 0 rings (SSSR count). The van der Waals surface area contributed by atoms with Gasteiger partial charge in [0.25, 0.3) is 0 Å². The molecule has 0 saturated carbocycles. The van der Waals surface area contributed by atoms with Gasteiger partial charge in [0.2, 0.25) is 5.91 Å². The first-order chi connectivity index (χ1) is 7.25. The van der Waals surface area contributed by atoms with Gasteiger partial charge in [-0.25, -0.2) is 4.79 Å². The Balaban J connectivity index is 4.54. The highest BCUT2D eigenvalue weighted by atomic mass is 16.4. The van der Waals surface area contributed by atoms with Crippen LogP contribution in [0.25, 0.3) is 0 Å². The van der Waals surface area contributed by atoms with Gasteiger partial charge in [-0.3, -0.25) is 4.79 Å². The number of hydrogen-bond donors (Lipinski definition) is 3. The summed E-state index contributed by atoms with van der Waals surface area (Å²) in [5, 5.41) is 19.9. The van der Waals surface area contributed by atoms with Crippen LogP contribution in [0.4, 0.5) is 4.79 Å². The number of aliphatic hydroxyl groups is 1. The van der Waals surface area contributed by atoms with Gasteiger partial charge in [0.1, 0.15) is 6.04 Å². The molecule has 3 N–H and O–H groups in total. The maximum absolute atomic E-state index is 11.8. The quantitative estimate of drug-likeness (QED) is 0.628. The molecule has 0 unspecified atom stereocenters. The van der Waals surface area contributed by atoms with Crippen molar-refractivity contribution in [1.82, 2.24) is 10.2 Å². The molecule has 0 heterocycles. The first kappa shape index (κ1) is 14.7. The molecule has 0 aliphatic carbocycles. The van der Waals surface area contributed by atoms with Crippen molar-refractivity contribution in [3.05, 3.63) is 0 Å². The second kappa shape index (κ2) is 6.32. The van der Waals surface area contributed by atoms with Crippen molar-refractivity contribution >= 4 is 12.0 Å². The molecule has 2 atom stereocenters. The predicted octanol–water partition coefficient (Wildman–Crippen LogP) is 0.118. The summed E-state index contributed by atoms with van der Waals surface area (Å²) < 4.78 is 0. The van der Waals surface area contributed by atoms with Crippen LogP contribution < -0.4 is 5.32 Å². The van der Waals surface area contributed by atoms with Crippen LogP contribution in [-0.4, -0.2) is 52.9 Å². The standard InChI is InChI=1S/C10H20N2O4/c1-6(2)5-12(4)9(14)8(7(3)13)11-10(15)16/h6-8,11,13H,5H2,1-4H3,(H,15,16)/t7-,8-/m0/s1. The first-order valence-corrected chi connectivity index (χ1v) is 5.18. The largest absolute Gasteiger partial charge is 0.465 e. The number of carboxylic acid groups (broad SMARTS) is 1. The van der Waals surface area contributed by atoms with Crippen LogP contribution in [0.15, 0.2) is 0 Å². The van der Waals surface area contributed by atoms with Crippen LogP contribution in [0.2, 0.25) is 0 Å². The smallest absolute Gasteiger partial charge is 0.405 e. The Morgan fingerprint density at radius 3 is 2.12 bits per heavy atom. The number of aliphatic hydroxyl groups excluding tert-OH is 1. The molecule has 0 fully saturated rings. The fourth-order valence-electron chi connectivity index (χ4n) is 1.40. The average Bonchev–Trinajstić information content (AvgIpc) is 2.11. The van der Waals surface area contributed by atoms with Crippen molar-refractivity contribution in [1.29, 1.82) is 0 Å². The number of hydrogen-bond acceptors (Lipinski definition) is 3. The molecule has 94 valence electrons. The molecule has 6 nitrogen and oxygen atoms in total. The van der Waals surface area contributed by atoms with Gasteiger partial charge >= 0.3 is 6.09 Å². The Kier molecular flexibility index (Phi) is 5.81. The van der Waals surface area contributed by atoms with Crippen molar-refractivity contribution in [2.45, 2.75) is 32.9 Å². The van der Waals surface area contributed by atoms with Crippen molar-refractivity contribution in [3.63, 3.8) is 0 Å². The van der Waals surface area contributed by atoms with Gasteiger partial charge < -0.3 is 20.4 Å². The molecule has 0 saturated heterocycles. The lowest BCUT2D eigenvalue weighted by Gasteiger charge is -2.26. The number of nitrogens with one attached hydrogen (secondary N) is 1. The summed E-state index contributed by atoms with van der Waals surface area (Å²) in [7, 11) is 1.58. The average molecular weight is 232 g/mol. The minimum atomic E-state index is -1.32. The lowest BCUT2D eigenvalue weighted by Crippen LogP contribution is -2.53. The van der Waals surface area contributed by atoms with E-state index in [4.69, 9.17) is 5.11 Å². The van der Waals surface area contributed by atoms with Crippen LogP contribution in [0, 0.1) is 5.92 Å². The van der Waals surface area contributed by atoms with E-state index in [1.807, 2.05) is 19.2 Å². The second-order valence-electron chi connectivity index (χ2n) is 4.28. The monoisotopic (exact) mass is 232 g/mol. The highest BCUT2D eigenvalue weighted by Gasteiger charge is 2.28. The lowest BCUT2D eigenvalue weighted by atomic mass is 10.1. The van der Waals surface area contributed by atoms with Gasteiger partial charge in [0.05, 0.1) is 6.10 Å². The molecule has 16 heavy (non-hydrogen) atoms. The minimum absolute atomic E-state index is 0.286. The summed E-state index contributed by atoms with van der Waals surface area (Å²) in [5.41, 5.74) is 0. The molecule has 0 bridgehead atoms. The molecule has 6 heteroatoms. The third kappa shape index (κ3) is 4.97. The molecule has 0 spiro atoms. The zero-order valence-electron chi connectivity index (χ0n) is 10.1. The van der Waals surface area contributed by atoms with E-state index in [0.717, 1.165) is 0 Å². The third-order valence-corrected chi connectivity index (χ3v) is 2.04. The number of carbonyl (C=O) groups excluding carboxylic acids is 1. The highest BCUT2D eigenvalue weighted by molar-refractivity contribution is 5.85. The van der Waals surface area contributed by atoms with E-state index in [9.17, 15) is 14.7 Å². The third-order valence-electron chi connectivity index (χ3n) is 2.04. The maximum atomic E-state index is 11.8. The van der Waals surface area contributed by atoms with Gasteiger partial charge in [0.15, 0.2) is 0 Å². The SMILES string of the molecule is CC(C)CN(C)C(=O)[C@@H](NC(=O)O)[C@H](C)O. The lowest BCUT2D eigenvalue weighted by molar-refractivity contribution is -0.135. The Hall–Kier alpha value is -1.30. The Morgan fingerprint density at radius 1 is 1.31 bits per heavy atom. The van der Waals surface area contributed by atoms with Gasteiger partial charge in [-0.2, -0.15) is 0 Å². The van der Waals surface area contributed by atoms with Crippen LogP contribution in [0.3, 0.4) is 0 Å². The fraction of sp³-hybridized carbons (Fsp3) is 0.800. The Morgan fingerprint density at radius 2 is 1.81 bits per heavy atom. The van der Waals surface area contributed by atoms with Gasteiger partial charge in [-0.05, 0) is 12.8 Å².